The van der Waals surface area contributed by atoms with Gasteiger partial charge < -0.3 is 15.9 Å². The molecule has 5 aromatic rings. The van der Waals surface area contributed by atoms with Crippen molar-refractivity contribution in [3.05, 3.63) is 119 Å². The van der Waals surface area contributed by atoms with Gasteiger partial charge in [-0.25, -0.2) is 4.98 Å². The first-order chi connectivity index (χ1) is 19.4. The molecule has 5 rings (SSSR count). The molecular formula is C31H26N4O4S. The number of aromatic nitrogens is 1. The molecule has 4 aromatic carbocycles. The van der Waals surface area contributed by atoms with Crippen molar-refractivity contribution in [3.63, 3.8) is 0 Å². The summed E-state index contributed by atoms with van der Waals surface area (Å²) in [7, 11) is 1.67. The molecule has 200 valence electrons. The van der Waals surface area contributed by atoms with Crippen LogP contribution in [0.15, 0.2) is 103 Å². The van der Waals surface area contributed by atoms with E-state index in [0.29, 0.717) is 17.0 Å². The number of methoxy groups -OCH3 is 1. The Morgan fingerprint density at radius 2 is 1.48 bits per heavy atom. The Labute approximate surface area is 235 Å². The average molecular weight is 551 g/mol. The average Bonchev–Trinajstić information content (AvgIpc) is 3.39. The van der Waals surface area contributed by atoms with Crippen LogP contribution in [0.4, 0.5) is 10.8 Å². The molecule has 0 saturated carbocycles. The predicted octanol–water partition coefficient (Wildman–Crippen LogP) is 7.09. The van der Waals surface area contributed by atoms with Crippen molar-refractivity contribution in [1.82, 2.24) is 4.98 Å². The number of nitrogens with one attached hydrogen (secondary N) is 1. The summed E-state index contributed by atoms with van der Waals surface area (Å²) in [5, 5.41) is 18.2. The number of aldehydes is 1. The second-order valence-corrected chi connectivity index (χ2v) is 9.64. The number of benzene rings is 4. The summed E-state index contributed by atoms with van der Waals surface area (Å²) in [5.41, 5.74) is 11.6. The van der Waals surface area contributed by atoms with E-state index < -0.39 is 4.92 Å². The van der Waals surface area contributed by atoms with Crippen LogP contribution in [-0.2, 0) is 11.2 Å². The van der Waals surface area contributed by atoms with Crippen LogP contribution in [0.5, 0.6) is 5.75 Å². The van der Waals surface area contributed by atoms with Crippen molar-refractivity contribution in [2.75, 3.05) is 12.8 Å². The molecule has 0 bridgehead atoms. The number of anilines is 1. The van der Waals surface area contributed by atoms with Gasteiger partial charge in [-0.15, -0.1) is 0 Å². The highest BCUT2D eigenvalue weighted by atomic mass is 32.1. The third kappa shape index (κ3) is 6.83. The Kier molecular flexibility index (Phi) is 9.11. The van der Waals surface area contributed by atoms with Gasteiger partial charge in [-0.2, -0.15) is 0 Å². The number of nitro benzene ring substituents is 1. The monoisotopic (exact) mass is 550 g/mol. The number of hydrogen-bond acceptors (Lipinski definition) is 8. The molecule has 0 aliphatic heterocycles. The topological polar surface area (TPSA) is 132 Å². The van der Waals surface area contributed by atoms with E-state index in [1.807, 2.05) is 42.5 Å². The molecule has 0 aliphatic rings. The number of para-hydroxylation sites is 1. The SMILES string of the molecule is COc1ccc(-c2sc(N)nc2-c2ccc(-c3ccccc3)cc2)cc1.N=C(C=O)Cc1ccccc1[N+](=O)[O-]. The zero-order valence-electron chi connectivity index (χ0n) is 21.6. The van der Waals surface area contributed by atoms with E-state index in [2.05, 4.69) is 41.4 Å². The van der Waals surface area contributed by atoms with Crippen LogP contribution in [0.1, 0.15) is 5.56 Å². The number of carbonyl (C=O) groups is 1. The normalized spacial score (nSPS) is 10.2. The van der Waals surface area contributed by atoms with Gasteiger partial charge in [0.1, 0.15) is 5.75 Å². The number of ether oxygens (including phenoxy) is 1. The van der Waals surface area contributed by atoms with Gasteiger partial charge in [0.2, 0.25) is 0 Å². The second kappa shape index (κ2) is 13.1. The minimum Gasteiger partial charge on any atom is -0.497 e. The smallest absolute Gasteiger partial charge is 0.272 e. The van der Waals surface area contributed by atoms with Crippen LogP contribution < -0.4 is 10.5 Å². The van der Waals surface area contributed by atoms with Gasteiger partial charge in [0, 0.05) is 23.6 Å². The number of nitrogens with zero attached hydrogens (tertiary/aromatic N) is 2. The zero-order valence-corrected chi connectivity index (χ0v) is 22.4. The van der Waals surface area contributed by atoms with Gasteiger partial charge in [0.25, 0.3) is 5.69 Å². The molecule has 0 spiro atoms. The molecule has 1 heterocycles. The largest absolute Gasteiger partial charge is 0.497 e. The van der Waals surface area contributed by atoms with Gasteiger partial charge in [-0.05, 0) is 41.0 Å². The predicted molar refractivity (Wildman–Crippen MR) is 160 cm³/mol. The summed E-state index contributed by atoms with van der Waals surface area (Å²) < 4.78 is 5.24. The lowest BCUT2D eigenvalue weighted by Crippen LogP contribution is -2.04. The quantitative estimate of drug-likeness (QED) is 0.0917. The van der Waals surface area contributed by atoms with Gasteiger partial charge in [-0.1, -0.05) is 84.1 Å². The van der Waals surface area contributed by atoms with E-state index in [4.69, 9.17) is 15.9 Å². The third-order valence-corrected chi connectivity index (χ3v) is 6.91. The van der Waals surface area contributed by atoms with Gasteiger partial charge >= 0.3 is 0 Å². The molecular weight excluding hydrogens is 524 g/mol. The number of rotatable bonds is 8. The number of thiazole rings is 1. The molecule has 0 radical (unpaired) electrons. The number of hydrogen-bond donors (Lipinski definition) is 2. The molecule has 0 saturated heterocycles. The maximum absolute atomic E-state index is 10.5. The standard InChI is InChI=1S/C22H18N2OS.C9H8N2O3/c1-25-19-13-11-18(12-14-19)21-20(24-22(23)26-21)17-9-7-16(8-10-17)15-5-3-2-4-6-15;10-8(6-12)5-7-3-1-2-4-9(7)11(13)14/h2-14H,1H3,(H2,23,24);1-4,6,10H,5H2. The lowest BCUT2D eigenvalue weighted by atomic mass is 10.0. The minimum absolute atomic E-state index is 0.000648. The van der Waals surface area contributed by atoms with E-state index in [1.54, 1.807) is 19.2 Å². The number of carbonyl (C=O) groups excluding carboxylic acids is 1. The fraction of sp³-hybridized carbons (Fsp3) is 0.0645. The highest BCUT2D eigenvalue weighted by Crippen LogP contribution is 2.39. The van der Waals surface area contributed by atoms with Crippen molar-refractivity contribution in [2.24, 2.45) is 0 Å². The summed E-state index contributed by atoms with van der Waals surface area (Å²) in [6.45, 7) is 0. The Morgan fingerprint density at radius 3 is 2.10 bits per heavy atom. The fourth-order valence-corrected chi connectivity index (χ4v) is 4.87. The van der Waals surface area contributed by atoms with Crippen LogP contribution in [0, 0.1) is 15.5 Å². The molecule has 0 fully saturated rings. The first-order valence-corrected chi connectivity index (χ1v) is 13.0. The highest BCUT2D eigenvalue weighted by molar-refractivity contribution is 7.19. The first kappa shape index (κ1) is 27.9. The molecule has 8 nitrogen and oxygen atoms in total. The maximum Gasteiger partial charge on any atom is 0.272 e. The first-order valence-electron chi connectivity index (χ1n) is 12.2. The fourth-order valence-electron chi connectivity index (χ4n) is 4.01. The number of nitrogen functional groups attached to an aromatic ring is 1. The summed E-state index contributed by atoms with van der Waals surface area (Å²) in [5.74, 6) is 0.833. The van der Waals surface area contributed by atoms with Crippen molar-refractivity contribution < 1.29 is 14.5 Å². The molecule has 40 heavy (non-hydrogen) atoms. The van der Waals surface area contributed by atoms with Gasteiger partial charge in [0.05, 0.1) is 28.3 Å². The molecule has 0 atom stereocenters. The van der Waals surface area contributed by atoms with E-state index in [-0.39, 0.29) is 17.8 Å². The molecule has 1 aromatic heterocycles. The van der Waals surface area contributed by atoms with E-state index in [9.17, 15) is 14.9 Å². The number of nitrogens with two attached hydrogens (primary N) is 1. The second-order valence-electron chi connectivity index (χ2n) is 8.61. The molecule has 0 amide bonds. The molecule has 0 unspecified atom stereocenters. The Bertz CT molecular complexity index is 1620. The summed E-state index contributed by atoms with van der Waals surface area (Å²) in [6.07, 6.45) is 0.386. The van der Waals surface area contributed by atoms with E-state index in [1.165, 1.54) is 34.6 Å². The van der Waals surface area contributed by atoms with Gasteiger partial charge in [-0.3, -0.25) is 14.9 Å². The summed E-state index contributed by atoms with van der Waals surface area (Å²) in [6, 6.07) is 32.8. The van der Waals surface area contributed by atoms with Gasteiger partial charge in [0.15, 0.2) is 11.4 Å². The highest BCUT2D eigenvalue weighted by Gasteiger charge is 2.15. The Balaban J connectivity index is 0.000000224. The van der Waals surface area contributed by atoms with Crippen LogP contribution in [0.3, 0.4) is 0 Å². The van der Waals surface area contributed by atoms with Crippen LogP contribution in [-0.4, -0.2) is 29.0 Å². The molecule has 3 N–H and O–H groups in total. The van der Waals surface area contributed by atoms with Crippen molar-refractivity contribution >= 4 is 34.2 Å². The van der Waals surface area contributed by atoms with Crippen LogP contribution >= 0.6 is 11.3 Å². The van der Waals surface area contributed by atoms with E-state index >= 15 is 0 Å². The zero-order chi connectivity index (χ0) is 28.5. The Morgan fingerprint density at radius 1 is 0.900 bits per heavy atom. The maximum atomic E-state index is 10.5. The van der Waals surface area contributed by atoms with Crippen molar-refractivity contribution in [1.29, 1.82) is 5.41 Å². The van der Waals surface area contributed by atoms with Crippen LogP contribution in [0.2, 0.25) is 0 Å². The summed E-state index contributed by atoms with van der Waals surface area (Å²) >= 11 is 1.50. The van der Waals surface area contributed by atoms with Crippen molar-refractivity contribution in [3.8, 4) is 38.6 Å². The summed E-state index contributed by atoms with van der Waals surface area (Å²) in [4.78, 5) is 25.8. The lowest BCUT2D eigenvalue weighted by molar-refractivity contribution is -0.385. The van der Waals surface area contributed by atoms with E-state index in [0.717, 1.165) is 27.4 Å². The number of nitro groups is 1. The third-order valence-electron chi connectivity index (χ3n) is 5.97. The Hall–Kier alpha value is -5.15. The lowest BCUT2D eigenvalue weighted by Gasteiger charge is -2.06. The molecule has 0 aliphatic carbocycles. The molecule has 9 heteroatoms. The minimum atomic E-state index is -0.520. The van der Waals surface area contributed by atoms with Crippen LogP contribution in [0.25, 0.3) is 32.8 Å². The van der Waals surface area contributed by atoms with Crippen molar-refractivity contribution in [2.45, 2.75) is 6.42 Å².